The van der Waals surface area contributed by atoms with Crippen molar-refractivity contribution in [3.63, 3.8) is 0 Å². The number of nitrogens with zero attached hydrogens (tertiary/aromatic N) is 2. The number of amides is 1. The van der Waals surface area contributed by atoms with Gasteiger partial charge in [0.05, 0.1) is 5.03 Å². The molecule has 0 unspecified atom stereocenters. The number of thioether (sulfide) groups is 1. The summed E-state index contributed by atoms with van der Waals surface area (Å²) < 4.78 is 0. The van der Waals surface area contributed by atoms with E-state index in [1.807, 2.05) is 19.2 Å². The maximum Gasteiger partial charge on any atom is 0.274 e. The average molecular weight is 255 g/mol. The van der Waals surface area contributed by atoms with Crippen molar-refractivity contribution in [2.45, 2.75) is 0 Å². The predicted octanol–water partition coefficient (Wildman–Crippen LogP) is 0.737. The third kappa shape index (κ3) is 2.08. The first kappa shape index (κ1) is 11.5. The summed E-state index contributed by atoms with van der Waals surface area (Å²) in [5, 5.41) is 4.25. The van der Waals surface area contributed by atoms with E-state index in [-0.39, 0.29) is 5.91 Å². The molecule has 0 aliphatic carbocycles. The molecule has 4 nitrogen and oxygen atoms in total. The minimum atomic E-state index is -0.130. The van der Waals surface area contributed by atoms with E-state index in [0.717, 1.165) is 12.3 Å². The van der Waals surface area contributed by atoms with Gasteiger partial charge in [-0.1, -0.05) is 0 Å². The Morgan fingerprint density at radius 2 is 2.19 bits per heavy atom. The number of carbonyl (C=O) groups excluding carboxylic acids is 1. The fourth-order valence-electron chi connectivity index (χ4n) is 1.53. The number of carbonyl (C=O) groups is 1. The van der Waals surface area contributed by atoms with Gasteiger partial charge in [0.2, 0.25) is 0 Å². The zero-order chi connectivity index (χ0) is 11.7. The summed E-state index contributed by atoms with van der Waals surface area (Å²) in [7, 11) is 3.84. The molecule has 1 amide bonds. The van der Waals surface area contributed by atoms with Crippen LogP contribution in [0.1, 0.15) is 0 Å². The van der Waals surface area contributed by atoms with Gasteiger partial charge in [0, 0.05) is 26.4 Å². The lowest BCUT2D eigenvalue weighted by atomic mass is 10.3. The van der Waals surface area contributed by atoms with Gasteiger partial charge in [-0.25, -0.2) is 0 Å². The monoisotopic (exact) mass is 255 g/mol. The standard InChI is InChI=1S/C10H13N3OS2/c1-12-5-6-16-8(12)4-3-7-9(14)11-10(15)13(7)2/h3-4H,5-6H2,1-2H3,(H,11,14,15)/b7-3-,8-4+. The lowest BCUT2D eigenvalue weighted by Gasteiger charge is -2.11. The van der Waals surface area contributed by atoms with Crippen molar-refractivity contribution in [3.05, 3.63) is 22.9 Å². The molecule has 0 bridgehead atoms. The van der Waals surface area contributed by atoms with Crippen LogP contribution >= 0.6 is 24.0 Å². The van der Waals surface area contributed by atoms with Gasteiger partial charge < -0.3 is 9.80 Å². The third-order valence-electron chi connectivity index (χ3n) is 2.56. The number of hydrogen-bond donors (Lipinski definition) is 1. The molecular formula is C10H13N3OS2. The largest absolute Gasteiger partial charge is 0.369 e. The highest BCUT2D eigenvalue weighted by molar-refractivity contribution is 8.03. The second-order valence-corrected chi connectivity index (χ2v) is 5.15. The maximum absolute atomic E-state index is 11.5. The molecule has 0 atom stereocenters. The minimum absolute atomic E-state index is 0.130. The second kappa shape index (κ2) is 4.47. The minimum Gasteiger partial charge on any atom is -0.369 e. The van der Waals surface area contributed by atoms with E-state index >= 15 is 0 Å². The van der Waals surface area contributed by atoms with E-state index in [9.17, 15) is 4.79 Å². The van der Waals surface area contributed by atoms with Crippen molar-refractivity contribution in [1.82, 2.24) is 15.1 Å². The van der Waals surface area contributed by atoms with E-state index in [1.54, 1.807) is 23.7 Å². The van der Waals surface area contributed by atoms with Crippen molar-refractivity contribution in [2.75, 3.05) is 26.4 Å². The topological polar surface area (TPSA) is 35.6 Å². The SMILES string of the molecule is CN1C(=S)NC(=O)/C1=C/C=C1/SCCN1C. The van der Waals surface area contributed by atoms with Crippen LogP contribution in [-0.4, -0.2) is 47.2 Å². The molecule has 2 heterocycles. The Hall–Kier alpha value is -1.01. The van der Waals surface area contributed by atoms with Crippen LogP contribution in [0.4, 0.5) is 0 Å². The number of hydrogen-bond acceptors (Lipinski definition) is 4. The first-order valence-electron chi connectivity index (χ1n) is 4.94. The summed E-state index contributed by atoms with van der Waals surface area (Å²) in [5.41, 5.74) is 0.596. The summed E-state index contributed by atoms with van der Waals surface area (Å²) in [5.74, 6) is 0.973. The first-order valence-corrected chi connectivity index (χ1v) is 6.34. The maximum atomic E-state index is 11.5. The van der Waals surface area contributed by atoms with Gasteiger partial charge in [0.25, 0.3) is 5.91 Å². The zero-order valence-electron chi connectivity index (χ0n) is 9.19. The van der Waals surface area contributed by atoms with Crippen molar-refractivity contribution < 1.29 is 4.79 Å². The first-order chi connectivity index (χ1) is 7.59. The van der Waals surface area contributed by atoms with Crippen molar-refractivity contribution >= 4 is 35.0 Å². The molecule has 1 N–H and O–H groups in total. The van der Waals surface area contributed by atoms with Crippen LogP contribution in [0, 0.1) is 0 Å². The van der Waals surface area contributed by atoms with E-state index in [0.29, 0.717) is 10.8 Å². The highest BCUT2D eigenvalue weighted by Crippen LogP contribution is 2.26. The van der Waals surface area contributed by atoms with Gasteiger partial charge in [0.15, 0.2) is 5.11 Å². The predicted molar refractivity (Wildman–Crippen MR) is 69.8 cm³/mol. The van der Waals surface area contributed by atoms with Gasteiger partial charge in [-0.05, 0) is 24.4 Å². The molecule has 2 saturated heterocycles. The van der Waals surface area contributed by atoms with Crippen LogP contribution < -0.4 is 5.32 Å². The molecule has 0 aromatic heterocycles. The fraction of sp³-hybridized carbons (Fsp3) is 0.400. The summed E-state index contributed by atoms with van der Waals surface area (Å²) >= 11 is 6.78. The van der Waals surface area contributed by atoms with Gasteiger partial charge in [-0.3, -0.25) is 10.1 Å². The smallest absolute Gasteiger partial charge is 0.274 e. The number of rotatable bonds is 1. The second-order valence-electron chi connectivity index (χ2n) is 3.65. The molecule has 2 aliphatic rings. The molecule has 2 rings (SSSR count). The molecular weight excluding hydrogens is 242 g/mol. The lowest BCUT2D eigenvalue weighted by Crippen LogP contribution is -2.23. The van der Waals surface area contributed by atoms with Gasteiger partial charge in [0.1, 0.15) is 5.70 Å². The third-order valence-corrected chi connectivity index (χ3v) is 4.06. The molecule has 2 aliphatic heterocycles. The van der Waals surface area contributed by atoms with Crippen LogP contribution in [0.5, 0.6) is 0 Å². The average Bonchev–Trinajstić information content (AvgIpc) is 2.72. The Kier molecular flexibility index (Phi) is 3.20. The molecule has 0 saturated carbocycles. The summed E-state index contributed by atoms with van der Waals surface area (Å²) in [4.78, 5) is 15.4. The van der Waals surface area contributed by atoms with E-state index in [1.165, 1.54) is 5.03 Å². The Balaban J connectivity index is 2.18. The molecule has 0 spiro atoms. The van der Waals surface area contributed by atoms with Gasteiger partial charge in [-0.2, -0.15) is 0 Å². The Labute approximate surface area is 104 Å². The number of likely N-dealkylation sites (N-methyl/N-ethyl adjacent to an activating group) is 1. The quantitative estimate of drug-likeness (QED) is 0.552. The summed E-state index contributed by atoms with van der Waals surface area (Å²) in [6, 6.07) is 0. The molecule has 0 radical (unpaired) electrons. The molecule has 6 heteroatoms. The van der Waals surface area contributed by atoms with E-state index in [4.69, 9.17) is 12.2 Å². The molecule has 0 aromatic carbocycles. The summed E-state index contributed by atoms with van der Waals surface area (Å²) in [6.07, 6.45) is 3.79. The van der Waals surface area contributed by atoms with Crippen LogP contribution in [-0.2, 0) is 4.79 Å². The Bertz CT molecular complexity index is 403. The number of thiocarbonyl (C=S) groups is 1. The fourth-order valence-corrected chi connectivity index (χ4v) is 2.77. The molecule has 86 valence electrons. The molecule has 16 heavy (non-hydrogen) atoms. The van der Waals surface area contributed by atoms with Crippen molar-refractivity contribution in [1.29, 1.82) is 0 Å². The summed E-state index contributed by atoms with van der Waals surface area (Å²) in [6.45, 7) is 1.06. The van der Waals surface area contributed by atoms with Crippen LogP contribution in [0.3, 0.4) is 0 Å². The Morgan fingerprint density at radius 1 is 1.44 bits per heavy atom. The van der Waals surface area contributed by atoms with Crippen LogP contribution in [0.2, 0.25) is 0 Å². The lowest BCUT2D eigenvalue weighted by molar-refractivity contribution is -0.115. The Morgan fingerprint density at radius 3 is 2.69 bits per heavy atom. The van der Waals surface area contributed by atoms with E-state index < -0.39 is 0 Å². The number of nitrogens with one attached hydrogen (secondary N) is 1. The highest BCUT2D eigenvalue weighted by atomic mass is 32.2. The molecule has 0 aromatic rings. The number of allylic oxidation sites excluding steroid dienone is 2. The van der Waals surface area contributed by atoms with Crippen molar-refractivity contribution in [3.8, 4) is 0 Å². The molecule has 2 fully saturated rings. The van der Waals surface area contributed by atoms with Gasteiger partial charge >= 0.3 is 0 Å². The van der Waals surface area contributed by atoms with Crippen molar-refractivity contribution in [2.24, 2.45) is 0 Å². The van der Waals surface area contributed by atoms with Gasteiger partial charge in [-0.15, -0.1) is 11.8 Å². The van der Waals surface area contributed by atoms with E-state index in [2.05, 4.69) is 10.2 Å². The highest BCUT2D eigenvalue weighted by Gasteiger charge is 2.26. The zero-order valence-corrected chi connectivity index (χ0v) is 10.8. The van der Waals surface area contributed by atoms with Crippen LogP contribution in [0.25, 0.3) is 0 Å². The normalized spacial score (nSPS) is 26.1. The van der Waals surface area contributed by atoms with Crippen LogP contribution in [0.15, 0.2) is 22.9 Å².